The summed E-state index contributed by atoms with van der Waals surface area (Å²) in [7, 11) is 1.67. The lowest BCUT2D eigenvalue weighted by Crippen LogP contribution is -2.08. The van der Waals surface area contributed by atoms with E-state index in [1.54, 1.807) is 7.11 Å². The van der Waals surface area contributed by atoms with Crippen LogP contribution in [-0.4, -0.2) is 25.8 Å². The first-order chi connectivity index (χ1) is 5.70. The van der Waals surface area contributed by atoms with E-state index in [4.69, 9.17) is 9.47 Å². The Bertz CT molecular complexity index is 143. The van der Waals surface area contributed by atoms with E-state index in [0.717, 1.165) is 12.8 Å². The molecule has 0 spiro atoms. The van der Waals surface area contributed by atoms with Crippen molar-refractivity contribution in [1.82, 2.24) is 0 Å². The molecule has 0 heterocycles. The molecule has 3 heteroatoms. The van der Waals surface area contributed by atoms with Gasteiger partial charge < -0.3 is 9.47 Å². The Labute approximate surface area is 73.4 Å². The van der Waals surface area contributed by atoms with Crippen molar-refractivity contribution < 1.29 is 14.3 Å². The average molecular weight is 172 g/mol. The molecule has 0 amide bonds. The fourth-order valence-corrected chi connectivity index (χ4v) is 0.720. The van der Waals surface area contributed by atoms with E-state index in [9.17, 15) is 4.79 Å². The summed E-state index contributed by atoms with van der Waals surface area (Å²) in [6, 6.07) is 0. The smallest absolute Gasteiger partial charge is 0.330 e. The molecular formula is C9H16O3. The molecule has 70 valence electrons. The molecule has 0 N–H and O–H groups in total. The second kappa shape index (κ2) is 6.85. The van der Waals surface area contributed by atoms with E-state index >= 15 is 0 Å². The molecule has 0 aromatic rings. The SMILES string of the molecule is C=CC(=O)OCCCC(C)OC. The molecular weight excluding hydrogens is 156 g/mol. The molecule has 0 radical (unpaired) electrons. The number of carbonyl (C=O) groups is 1. The Kier molecular flexibility index (Phi) is 6.38. The lowest BCUT2D eigenvalue weighted by Gasteiger charge is -2.08. The van der Waals surface area contributed by atoms with E-state index in [-0.39, 0.29) is 12.1 Å². The van der Waals surface area contributed by atoms with Gasteiger partial charge in [0.2, 0.25) is 0 Å². The van der Waals surface area contributed by atoms with Crippen LogP contribution < -0.4 is 0 Å². The van der Waals surface area contributed by atoms with Crippen LogP contribution in [0.15, 0.2) is 12.7 Å². The third-order valence-corrected chi connectivity index (χ3v) is 1.57. The summed E-state index contributed by atoms with van der Waals surface area (Å²) in [5.41, 5.74) is 0. The van der Waals surface area contributed by atoms with Crippen molar-refractivity contribution in [2.24, 2.45) is 0 Å². The second-order valence-corrected chi connectivity index (χ2v) is 2.56. The van der Waals surface area contributed by atoms with E-state index < -0.39 is 0 Å². The molecule has 0 aliphatic carbocycles. The van der Waals surface area contributed by atoms with Gasteiger partial charge in [-0.3, -0.25) is 0 Å². The summed E-state index contributed by atoms with van der Waals surface area (Å²) < 4.78 is 9.80. The van der Waals surface area contributed by atoms with Gasteiger partial charge in [0.15, 0.2) is 0 Å². The number of hydrogen-bond acceptors (Lipinski definition) is 3. The van der Waals surface area contributed by atoms with Crippen molar-refractivity contribution >= 4 is 5.97 Å². The van der Waals surface area contributed by atoms with Crippen LogP contribution in [0.2, 0.25) is 0 Å². The number of carbonyl (C=O) groups excluding carboxylic acids is 1. The van der Waals surface area contributed by atoms with Crippen molar-refractivity contribution in [3.8, 4) is 0 Å². The van der Waals surface area contributed by atoms with E-state index in [1.807, 2.05) is 6.92 Å². The molecule has 0 aromatic heterocycles. The predicted octanol–water partition coefficient (Wildman–Crippen LogP) is 1.53. The Morgan fingerprint density at radius 2 is 2.33 bits per heavy atom. The standard InChI is InChI=1S/C9H16O3/c1-4-9(10)12-7-5-6-8(2)11-3/h4,8H,1,5-7H2,2-3H3. The van der Waals surface area contributed by atoms with E-state index in [2.05, 4.69) is 6.58 Å². The summed E-state index contributed by atoms with van der Waals surface area (Å²) in [5.74, 6) is -0.361. The number of esters is 1. The van der Waals surface area contributed by atoms with Gasteiger partial charge in [-0.25, -0.2) is 4.79 Å². The van der Waals surface area contributed by atoms with Gasteiger partial charge >= 0.3 is 5.97 Å². The largest absolute Gasteiger partial charge is 0.463 e. The highest BCUT2D eigenvalue weighted by molar-refractivity contribution is 5.81. The van der Waals surface area contributed by atoms with Gasteiger partial charge in [0.05, 0.1) is 12.7 Å². The summed E-state index contributed by atoms with van der Waals surface area (Å²) in [6.45, 7) is 5.72. The van der Waals surface area contributed by atoms with E-state index in [1.165, 1.54) is 6.08 Å². The lowest BCUT2D eigenvalue weighted by molar-refractivity contribution is -0.138. The minimum absolute atomic E-state index is 0.229. The third-order valence-electron chi connectivity index (χ3n) is 1.57. The van der Waals surface area contributed by atoms with Crippen molar-refractivity contribution in [3.05, 3.63) is 12.7 Å². The maximum atomic E-state index is 10.6. The average Bonchev–Trinajstić information content (AvgIpc) is 2.11. The Morgan fingerprint density at radius 1 is 1.67 bits per heavy atom. The highest BCUT2D eigenvalue weighted by Crippen LogP contribution is 1.99. The zero-order valence-electron chi connectivity index (χ0n) is 7.71. The van der Waals surface area contributed by atoms with Crippen molar-refractivity contribution in [1.29, 1.82) is 0 Å². The van der Waals surface area contributed by atoms with Crippen LogP contribution in [0.5, 0.6) is 0 Å². The Morgan fingerprint density at radius 3 is 2.83 bits per heavy atom. The third kappa shape index (κ3) is 5.92. The molecule has 0 aliphatic heterocycles. The first-order valence-electron chi connectivity index (χ1n) is 4.02. The predicted molar refractivity (Wildman–Crippen MR) is 46.9 cm³/mol. The Hall–Kier alpha value is -0.830. The topological polar surface area (TPSA) is 35.5 Å². The van der Waals surface area contributed by atoms with Crippen LogP contribution in [0.4, 0.5) is 0 Å². The number of rotatable bonds is 6. The van der Waals surface area contributed by atoms with Gasteiger partial charge in [0, 0.05) is 13.2 Å². The first-order valence-corrected chi connectivity index (χ1v) is 4.02. The molecule has 0 bridgehead atoms. The second-order valence-electron chi connectivity index (χ2n) is 2.56. The van der Waals surface area contributed by atoms with Gasteiger partial charge in [0.25, 0.3) is 0 Å². The number of hydrogen-bond donors (Lipinski definition) is 0. The number of methoxy groups -OCH3 is 1. The summed E-state index contributed by atoms with van der Waals surface area (Å²) in [6.07, 6.45) is 3.13. The molecule has 0 aromatic carbocycles. The minimum Gasteiger partial charge on any atom is -0.463 e. The maximum Gasteiger partial charge on any atom is 0.330 e. The van der Waals surface area contributed by atoms with Crippen LogP contribution in [0, 0.1) is 0 Å². The monoisotopic (exact) mass is 172 g/mol. The van der Waals surface area contributed by atoms with Gasteiger partial charge in [-0.05, 0) is 19.8 Å². The van der Waals surface area contributed by atoms with Crippen LogP contribution >= 0.6 is 0 Å². The van der Waals surface area contributed by atoms with Crippen LogP contribution in [-0.2, 0) is 14.3 Å². The molecule has 0 fully saturated rings. The zero-order chi connectivity index (χ0) is 9.40. The fraction of sp³-hybridized carbons (Fsp3) is 0.667. The van der Waals surface area contributed by atoms with E-state index in [0.29, 0.717) is 6.61 Å². The molecule has 0 saturated carbocycles. The van der Waals surface area contributed by atoms with Crippen LogP contribution in [0.25, 0.3) is 0 Å². The van der Waals surface area contributed by atoms with Crippen molar-refractivity contribution in [2.75, 3.05) is 13.7 Å². The van der Waals surface area contributed by atoms with Gasteiger partial charge in [-0.15, -0.1) is 0 Å². The maximum absolute atomic E-state index is 10.6. The van der Waals surface area contributed by atoms with Crippen molar-refractivity contribution in [2.45, 2.75) is 25.9 Å². The van der Waals surface area contributed by atoms with Crippen LogP contribution in [0.1, 0.15) is 19.8 Å². The molecule has 0 aliphatic rings. The normalized spacial score (nSPS) is 12.2. The summed E-state index contributed by atoms with van der Waals surface area (Å²) >= 11 is 0. The first kappa shape index (κ1) is 11.2. The zero-order valence-corrected chi connectivity index (χ0v) is 7.71. The molecule has 1 unspecified atom stereocenters. The van der Waals surface area contributed by atoms with Gasteiger partial charge in [-0.1, -0.05) is 6.58 Å². The molecule has 3 nitrogen and oxygen atoms in total. The number of ether oxygens (including phenoxy) is 2. The fourth-order valence-electron chi connectivity index (χ4n) is 0.720. The van der Waals surface area contributed by atoms with Gasteiger partial charge in [-0.2, -0.15) is 0 Å². The van der Waals surface area contributed by atoms with Gasteiger partial charge in [0.1, 0.15) is 0 Å². The quantitative estimate of drug-likeness (QED) is 0.346. The summed E-state index contributed by atoms with van der Waals surface area (Å²) in [4.78, 5) is 10.6. The Balaban J connectivity index is 3.21. The summed E-state index contributed by atoms with van der Waals surface area (Å²) in [5, 5.41) is 0. The van der Waals surface area contributed by atoms with Crippen molar-refractivity contribution in [3.63, 3.8) is 0 Å². The van der Waals surface area contributed by atoms with Crippen LogP contribution in [0.3, 0.4) is 0 Å². The lowest BCUT2D eigenvalue weighted by atomic mass is 10.2. The molecule has 1 atom stereocenters. The highest BCUT2D eigenvalue weighted by Gasteiger charge is 1.99. The molecule has 0 rings (SSSR count). The minimum atomic E-state index is -0.361. The highest BCUT2D eigenvalue weighted by atomic mass is 16.5. The molecule has 12 heavy (non-hydrogen) atoms. The molecule has 0 saturated heterocycles.